The van der Waals surface area contributed by atoms with Gasteiger partial charge in [-0.3, -0.25) is 9.11 Å². The highest BCUT2D eigenvalue weighted by atomic mass is 32.3. The van der Waals surface area contributed by atoms with Crippen LogP contribution in [0.4, 0.5) is 0 Å². The zero-order valence-corrected chi connectivity index (χ0v) is 20.8. The van der Waals surface area contributed by atoms with E-state index < -0.39 is 10.4 Å². The van der Waals surface area contributed by atoms with Crippen molar-refractivity contribution in [1.82, 2.24) is 0 Å². The summed E-state index contributed by atoms with van der Waals surface area (Å²) in [5, 5.41) is 2.83. The molecule has 0 heterocycles. The van der Waals surface area contributed by atoms with E-state index >= 15 is 0 Å². The minimum absolute atomic E-state index is 1.24. The molecule has 2 aromatic carbocycles. The first-order chi connectivity index (χ1) is 15.4. The second-order valence-electron chi connectivity index (χ2n) is 8.79. The molecule has 0 bridgehead atoms. The standard InChI is InChI=1S/C27H42.H2O4S/c1-2-3-4-5-6-7-8-9-10-11-12-13-14-15-16-20-25-22-19-23-26-21-17-18-24-27(25)26;1-5(2,3)4/h17-19,21-24H,2-16,20H2,1H3;(H2,1,2,3,4). The molecular formula is C27H44O4S. The van der Waals surface area contributed by atoms with Crippen molar-refractivity contribution in [2.75, 3.05) is 0 Å². The minimum Gasteiger partial charge on any atom is -0.264 e. The van der Waals surface area contributed by atoms with E-state index in [0.717, 1.165) is 0 Å². The molecule has 0 fully saturated rings. The summed E-state index contributed by atoms with van der Waals surface area (Å²) < 4.78 is 31.6. The first-order valence-electron chi connectivity index (χ1n) is 12.6. The average Bonchev–Trinajstić information content (AvgIpc) is 2.75. The number of benzene rings is 2. The number of fused-ring (bicyclic) bond motifs is 1. The van der Waals surface area contributed by atoms with Crippen molar-refractivity contribution in [2.45, 2.75) is 110 Å². The zero-order valence-electron chi connectivity index (χ0n) is 20.0. The molecule has 2 aromatic rings. The molecule has 0 aromatic heterocycles. The SMILES string of the molecule is CCCCCCCCCCCCCCCCCc1cccc2ccccc12.O=S(=O)(O)O. The first kappa shape index (κ1) is 28.6. The molecule has 0 saturated carbocycles. The van der Waals surface area contributed by atoms with Crippen LogP contribution in [0.3, 0.4) is 0 Å². The second kappa shape index (κ2) is 18.0. The van der Waals surface area contributed by atoms with E-state index in [1.807, 2.05) is 0 Å². The molecular weight excluding hydrogens is 420 g/mol. The van der Waals surface area contributed by atoms with Gasteiger partial charge in [0.05, 0.1) is 0 Å². The Morgan fingerprint density at radius 3 is 1.50 bits per heavy atom. The van der Waals surface area contributed by atoms with Gasteiger partial charge in [0.1, 0.15) is 0 Å². The van der Waals surface area contributed by atoms with Crippen LogP contribution < -0.4 is 0 Å². The molecule has 0 atom stereocenters. The number of aryl methyl sites for hydroxylation is 1. The summed E-state index contributed by atoms with van der Waals surface area (Å²) in [5.41, 5.74) is 1.53. The molecule has 0 aliphatic heterocycles. The highest BCUT2D eigenvalue weighted by Crippen LogP contribution is 2.21. The van der Waals surface area contributed by atoms with Gasteiger partial charge >= 0.3 is 10.4 Å². The molecule has 2 N–H and O–H groups in total. The van der Waals surface area contributed by atoms with Crippen LogP contribution in [-0.4, -0.2) is 17.5 Å². The minimum atomic E-state index is -4.67. The van der Waals surface area contributed by atoms with E-state index in [1.54, 1.807) is 0 Å². The Bertz CT molecular complexity index is 804. The lowest BCUT2D eigenvalue weighted by molar-refractivity contribution is 0.381. The molecule has 2 rings (SSSR count). The maximum Gasteiger partial charge on any atom is 0.394 e. The van der Waals surface area contributed by atoms with E-state index in [1.165, 1.54) is 119 Å². The molecule has 0 unspecified atom stereocenters. The summed E-state index contributed by atoms with van der Waals surface area (Å²) in [6.07, 6.45) is 22.8. The van der Waals surface area contributed by atoms with E-state index in [2.05, 4.69) is 49.4 Å². The Kier molecular flexibility index (Phi) is 16.1. The highest BCUT2D eigenvalue weighted by molar-refractivity contribution is 7.79. The predicted molar refractivity (Wildman–Crippen MR) is 137 cm³/mol. The third-order valence-corrected chi connectivity index (χ3v) is 5.93. The van der Waals surface area contributed by atoms with Gasteiger partial charge in [-0.15, -0.1) is 0 Å². The summed E-state index contributed by atoms with van der Waals surface area (Å²) in [7, 11) is -4.67. The van der Waals surface area contributed by atoms with Crippen molar-refractivity contribution in [2.24, 2.45) is 0 Å². The van der Waals surface area contributed by atoms with Gasteiger partial charge in [0.15, 0.2) is 0 Å². The average molecular weight is 465 g/mol. The van der Waals surface area contributed by atoms with Crippen LogP contribution in [-0.2, 0) is 16.8 Å². The van der Waals surface area contributed by atoms with Crippen molar-refractivity contribution >= 4 is 21.2 Å². The Morgan fingerprint density at radius 1 is 0.594 bits per heavy atom. The maximum absolute atomic E-state index is 8.74. The van der Waals surface area contributed by atoms with Crippen molar-refractivity contribution in [3.8, 4) is 0 Å². The van der Waals surface area contributed by atoms with Gasteiger partial charge in [0, 0.05) is 0 Å². The molecule has 182 valence electrons. The normalized spacial score (nSPS) is 11.3. The van der Waals surface area contributed by atoms with Crippen molar-refractivity contribution < 1.29 is 17.5 Å². The van der Waals surface area contributed by atoms with Crippen LogP contribution in [0.25, 0.3) is 10.8 Å². The molecule has 0 radical (unpaired) electrons. The van der Waals surface area contributed by atoms with E-state index in [0.29, 0.717) is 0 Å². The molecule has 4 nitrogen and oxygen atoms in total. The van der Waals surface area contributed by atoms with E-state index in [4.69, 9.17) is 17.5 Å². The summed E-state index contributed by atoms with van der Waals surface area (Å²) in [6.45, 7) is 2.30. The third kappa shape index (κ3) is 16.2. The predicted octanol–water partition coefficient (Wildman–Crippen LogP) is 8.60. The first-order valence-corrected chi connectivity index (χ1v) is 14.0. The lowest BCUT2D eigenvalue weighted by Gasteiger charge is -2.07. The van der Waals surface area contributed by atoms with Gasteiger partial charge in [-0.05, 0) is 29.2 Å². The van der Waals surface area contributed by atoms with E-state index in [9.17, 15) is 0 Å². The van der Waals surface area contributed by atoms with Crippen LogP contribution in [0.1, 0.15) is 109 Å². The summed E-state index contributed by atoms with van der Waals surface area (Å²) in [5.74, 6) is 0. The fourth-order valence-electron chi connectivity index (χ4n) is 4.20. The van der Waals surface area contributed by atoms with Crippen molar-refractivity contribution in [3.05, 3.63) is 48.0 Å². The topological polar surface area (TPSA) is 74.6 Å². The monoisotopic (exact) mass is 464 g/mol. The van der Waals surface area contributed by atoms with Crippen LogP contribution >= 0.6 is 0 Å². The molecule has 0 amide bonds. The van der Waals surface area contributed by atoms with E-state index in [-0.39, 0.29) is 0 Å². The summed E-state index contributed by atoms with van der Waals surface area (Å²) in [6, 6.07) is 15.6. The zero-order chi connectivity index (χ0) is 23.5. The number of hydrogen-bond donors (Lipinski definition) is 2. The molecule has 0 spiro atoms. The molecule has 0 aliphatic carbocycles. The number of rotatable bonds is 16. The smallest absolute Gasteiger partial charge is 0.264 e. The Morgan fingerprint density at radius 2 is 1.00 bits per heavy atom. The molecule has 5 heteroatoms. The van der Waals surface area contributed by atoms with Crippen LogP contribution in [0.5, 0.6) is 0 Å². The summed E-state index contributed by atoms with van der Waals surface area (Å²) >= 11 is 0. The highest BCUT2D eigenvalue weighted by Gasteiger charge is 2.00. The number of unbranched alkanes of at least 4 members (excludes halogenated alkanes) is 14. The quantitative estimate of drug-likeness (QED) is 0.193. The molecule has 32 heavy (non-hydrogen) atoms. The lowest BCUT2D eigenvalue weighted by atomic mass is 9.99. The fraction of sp³-hybridized carbons (Fsp3) is 0.630. The van der Waals surface area contributed by atoms with Crippen molar-refractivity contribution in [3.63, 3.8) is 0 Å². The Balaban J connectivity index is 0.000000920. The van der Waals surface area contributed by atoms with Gasteiger partial charge in [-0.2, -0.15) is 8.42 Å². The van der Waals surface area contributed by atoms with Gasteiger partial charge in [0.25, 0.3) is 0 Å². The van der Waals surface area contributed by atoms with Gasteiger partial charge in [0.2, 0.25) is 0 Å². The third-order valence-electron chi connectivity index (χ3n) is 5.93. The summed E-state index contributed by atoms with van der Waals surface area (Å²) in [4.78, 5) is 0. The maximum atomic E-state index is 8.74. The molecule has 0 aliphatic rings. The number of hydrogen-bond acceptors (Lipinski definition) is 2. The Labute approximate surface area is 196 Å². The van der Waals surface area contributed by atoms with Crippen LogP contribution in [0, 0.1) is 0 Å². The van der Waals surface area contributed by atoms with Crippen LogP contribution in [0.15, 0.2) is 42.5 Å². The van der Waals surface area contributed by atoms with Crippen molar-refractivity contribution in [1.29, 1.82) is 0 Å². The van der Waals surface area contributed by atoms with Gasteiger partial charge in [-0.25, -0.2) is 0 Å². The Hall–Kier alpha value is -1.43. The van der Waals surface area contributed by atoms with Gasteiger partial charge in [-0.1, -0.05) is 139 Å². The lowest BCUT2D eigenvalue weighted by Crippen LogP contribution is -1.89. The molecule has 0 saturated heterocycles. The van der Waals surface area contributed by atoms with Crippen LogP contribution in [0.2, 0.25) is 0 Å². The largest absolute Gasteiger partial charge is 0.394 e. The fourth-order valence-corrected chi connectivity index (χ4v) is 4.20. The van der Waals surface area contributed by atoms with Gasteiger partial charge < -0.3 is 0 Å². The second-order valence-corrected chi connectivity index (χ2v) is 9.68.